The van der Waals surface area contributed by atoms with Crippen LogP contribution in [0.3, 0.4) is 0 Å². The first-order valence-electron chi connectivity index (χ1n) is 7.68. The lowest BCUT2D eigenvalue weighted by atomic mass is 10.2. The van der Waals surface area contributed by atoms with E-state index < -0.39 is 0 Å². The fourth-order valence-electron chi connectivity index (χ4n) is 2.87. The first-order valence-corrected chi connectivity index (χ1v) is 7.68. The molecule has 0 saturated carbocycles. The van der Waals surface area contributed by atoms with Crippen LogP contribution < -0.4 is 5.32 Å². The number of likely N-dealkylation sites (N-methyl/N-ethyl adjacent to an activating group) is 1. The van der Waals surface area contributed by atoms with Crippen molar-refractivity contribution >= 4 is 53.8 Å². The van der Waals surface area contributed by atoms with Crippen molar-refractivity contribution in [2.24, 2.45) is 4.99 Å². The third kappa shape index (κ3) is 3.78. The number of aromatic amines is 1. The molecular formula is C16H20Cl2N6O. The highest BCUT2D eigenvalue weighted by Crippen LogP contribution is 2.20. The lowest BCUT2D eigenvalue weighted by molar-refractivity contribution is -0.115. The third-order valence-electron chi connectivity index (χ3n) is 4.26. The van der Waals surface area contributed by atoms with Crippen LogP contribution in [-0.4, -0.2) is 64.9 Å². The van der Waals surface area contributed by atoms with Crippen LogP contribution in [-0.2, 0) is 4.79 Å². The molecule has 2 aliphatic heterocycles. The summed E-state index contributed by atoms with van der Waals surface area (Å²) < 4.78 is 0. The number of hydrogen-bond acceptors (Lipinski definition) is 5. The highest BCUT2D eigenvalue weighted by Gasteiger charge is 2.26. The van der Waals surface area contributed by atoms with E-state index in [9.17, 15) is 4.79 Å². The largest absolute Gasteiger partial charge is 0.346 e. The van der Waals surface area contributed by atoms with E-state index in [1.807, 2.05) is 18.3 Å². The predicted octanol–water partition coefficient (Wildman–Crippen LogP) is 1.48. The van der Waals surface area contributed by atoms with E-state index in [1.54, 1.807) is 12.3 Å². The molecule has 0 spiro atoms. The Kier molecular flexibility index (Phi) is 6.05. The molecule has 0 radical (unpaired) electrons. The number of carbonyl (C=O) groups excluding carboxylic acids is 1. The van der Waals surface area contributed by atoms with Gasteiger partial charge in [-0.15, -0.1) is 24.8 Å². The van der Waals surface area contributed by atoms with Gasteiger partial charge in [0.05, 0.1) is 0 Å². The first-order chi connectivity index (χ1) is 11.2. The Labute approximate surface area is 158 Å². The molecule has 2 aromatic rings. The number of nitrogens with zero attached hydrogens (tertiary/aromatic N) is 4. The second-order valence-corrected chi connectivity index (χ2v) is 5.85. The molecule has 0 aromatic carbocycles. The fraction of sp³-hybridized carbons (Fsp3) is 0.312. The summed E-state index contributed by atoms with van der Waals surface area (Å²) in [7, 11) is 2.10. The maximum atomic E-state index is 12.2. The monoisotopic (exact) mass is 382 g/mol. The second-order valence-electron chi connectivity index (χ2n) is 5.85. The van der Waals surface area contributed by atoms with Gasteiger partial charge < -0.3 is 14.8 Å². The number of pyridine rings is 1. The van der Waals surface area contributed by atoms with Gasteiger partial charge in [0.25, 0.3) is 5.91 Å². The summed E-state index contributed by atoms with van der Waals surface area (Å²) in [5.74, 6) is 0.504. The summed E-state index contributed by atoms with van der Waals surface area (Å²) >= 11 is 0. The molecule has 1 saturated heterocycles. The molecular weight excluding hydrogens is 363 g/mol. The number of piperazine rings is 1. The van der Waals surface area contributed by atoms with Gasteiger partial charge in [0.15, 0.2) is 0 Å². The number of amides is 1. The molecule has 1 fully saturated rings. The van der Waals surface area contributed by atoms with E-state index in [0.717, 1.165) is 42.8 Å². The molecule has 0 aliphatic carbocycles. The van der Waals surface area contributed by atoms with Crippen molar-refractivity contribution in [2.75, 3.05) is 33.2 Å². The van der Waals surface area contributed by atoms with Crippen molar-refractivity contribution in [3.05, 3.63) is 35.8 Å². The molecule has 0 unspecified atom stereocenters. The second kappa shape index (κ2) is 7.86. The van der Waals surface area contributed by atoms with Crippen molar-refractivity contribution in [1.29, 1.82) is 0 Å². The Balaban J connectivity index is 0.00000113. The van der Waals surface area contributed by atoms with E-state index >= 15 is 0 Å². The van der Waals surface area contributed by atoms with E-state index in [0.29, 0.717) is 11.7 Å². The Bertz CT molecular complexity index is 823. The minimum absolute atomic E-state index is 0. The zero-order valence-corrected chi connectivity index (χ0v) is 15.4. The molecule has 7 nitrogen and oxygen atoms in total. The zero-order valence-electron chi connectivity index (χ0n) is 13.7. The van der Waals surface area contributed by atoms with Crippen LogP contribution in [0.1, 0.15) is 5.56 Å². The minimum Gasteiger partial charge on any atom is -0.346 e. The number of H-pyrrole nitrogens is 1. The normalized spacial score (nSPS) is 19.4. The zero-order chi connectivity index (χ0) is 15.8. The van der Waals surface area contributed by atoms with Gasteiger partial charge in [-0.3, -0.25) is 10.1 Å². The van der Waals surface area contributed by atoms with Gasteiger partial charge in [-0.1, -0.05) is 0 Å². The quantitative estimate of drug-likeness (QED) is 0.732. The highest BCUT2D eigenvalue weighted by molar-refractivity contribution is 6.14. The van der Waals surface area contributed by atoms with Gasteiger partial charge in [0.1, 0.15) is 11.3 Å². The van der Waals surface area contributed by atoms with Crippen LogP contribution in [0, 0.1) is 0 Å². The molecule has 2 N–H and O–H groups in total. The number of aliphatic imine (C=N–C) groups is 1. The number of fused-ring (bicyclic) bond motifs is 1. The summed E-state index contributed by atoms with van der Waals surface area (Å²) in [6.45, 7) is 3.70. The molecule has 1 amide bonds. The van der Waals surface area contributed by atoms with Crippen LogP contribution in [0.2, 0.25) is 0 Å². The number of carbonyl (C=O) groups is 1. The first kappa shape index (κ1) is 19.2. The van der Waals surface area contributed by atoms with Gasteiger partial charge in [-0.25, -0.2) is 9.98 Å². The number of hydrogen-bond donors (Lipinski definition) is 2. The topological polar surface area (TPSA) is 76.6 Å². The van der Waals surface area contributed by atoms with Crippen molar-refractivity contribution in [3.8, 4) is 0 Å². The van der Waals surface area contributed by atoms with E-state index in [1.165, 1.54) is 0 Å². The summed E-state index contributed by atoms with van der Waals surface area (Å²) in [5, 5.41) is 3.86. The maximum absolute atomic E-state index is 12.2. The van der Waals surface area contributed by atoms with Crippen LogP contribution in [0.15, 0.2) is 35.2 Å². The van der Waals surface area contributed by atoms with Gasteiger partial charge >= 0.3 is 0 Å². The van der Waals surface area contributed by atoms with Crippen molar-refractivity contribution in [1.82, 2.24) is 25.1 Å². The van der Waals surface area contributed by atoms with E-state index in [-0.39, 0.29) is 30.7 Å². The van der Waals surface area contributed by atoms with Crippen molar-refractivity contribution < 1.29 is 4.79 Å². The standard InChI is InChI=1S/C16H18N6O.2ClH/c1-21-5-7-22(8-6-21)16-19-13(15(23)20-16)9-11-10-18-14-12(11)3-2-4-17-14;;/h2-4,9-10H,5-8H2,1H3,(H,17,18)(H,19,20,23);2*1H/b13-9-;;. The van der Waals surface area contributed by atoms with Crippen LogP contribution in [0.4, 0.5) is 0 Å². The highest BCUT2D eigenvalue weighted by atomic mass is 35.5. The lowest BCUT2D eigenvalue weighted by Gasteiger charge is -2.33. The summed E-state index contributed by atoms with van der Waals surface area (Å²) in [6.07, 6.45) is 5.39. The summed E-state index contributed by atoms with van der Waals surface area (Å²) in [6, 6.07) is 3.86. The summed E-state index contributed by atoms with van der Waals surface area (Å²) in [5.41, 5.74) is 2.16. The Morgan fingerprint density at radius 2 is 1.96 bits per heavy atom. The van der Waals surface area contributed by atoms with Gasteiger partial charge in [-0.05, 0) is 25.3 Å². The Morgan fingerprint density at radius 3 is 2.72 bits per heavy atom. The predicted molar refractivity (Wildman–Crippen MR) is 103 cm³/mol. The molecule has 4 heterocycles. The van der Waals surface area contributed by atoms with E-state index in [4.69, 9.17) is 0 Å². The molecule has 0 bridgehead atoms. The molecule has 4 rings (SSSR count). The van der Waals surface area contributed by atoms with Crippen LogP contribution in [0.25, 0.3) is 17.1 Å². The number of nitrogens with one attached hydrogen (secondary N) is 2. The van der Waals surface area contributed by atoms with Crippen LogP contribution >= 0.6 is 24.8 Å². The van der Waals surface area contributed by atoms with Crippen molar-refractivity contribution in [3.63, 3.8) is 0 Å². The number of halogens is 2. The summed E-state index contributed by atoms with van der Waals surface area (Å²) in [4.78, 5) is 28.4. The number of rotatable bonds is 1. The molecule has 134 valence electrons. The van der Waals surface area contributed by atoms with E-state index in [2.05, 4.69) is 37.1 Å². The minimum atomic E-state index is -0.155. The molecule has 9 heteroatoms. The molecule has 0 atom stereocenters. The van der Waals surface area contributed by atoms with Gasteiger partial charge in [-0.2, -0.15) is 0 Å². The van der Waals surface area contributed by atoms with Crippen molar-refractivity contribution in [2.45, 2.75) is 0 Å². The third-order valence-corrected chi connectivity index (χ3v) is 4.26. The maximum Gasteiger partial charge on any atom is 0.276 e. The fourth-order valence-corrected chi connectivity index (χ4v) is 2.87. The molecule has 2 aromatic heterocycles. The molecule has 2 aliphatic rings. The number of aromatic nitrogens is 2. The molecule has 25 heavy (non-hydrogen) atoms. The van der Waals surface area contributed by atoms with Crippen LogP contribution in [0.5, 0.6) is 0 Å². The Morgan fingerprint density at radius 1 is 1.20 bits per heavy atom. The lowest BCUT2D eigenvalue weighted by Crippen LogP contribution is -2.50. The SMILES string of the molecule is CN1CCN(C2=N/C(=C\c3c[nH]c4ncccc34)C(=O)N2)CC1.Cl.Cl. The average molecular weight is 383 g/mol. The van der Waals surface area contributed by atoms with Gasteiger partial charge in [0, 0.05) is 49.5 Å². The smallest absolute Gasteiger partial charge is 0.276 e. The number of guanidine groups is 1. The Hall–Kier alpha value is -2.09. The average Bonchev–Trinajstić information content (AvgIpc) is 3.13. The van der Waals surface area contributed by atoms with Gasteiger partial charge in [0.2, 0.25) is 5.96 Å².